The second-order valence-electron chi connectivity index (χ2n) is 15.7. The maximum atomic E-state index is 12.1. The van der Waals surface area contributed by atoms with Crippen LogP contribution in [0, 0.1) is 0 Å². The van der Waals surface area contributed by atoms with Crippen molar-refractivity contribution in [3.05, 3.63) is 134 Å². The molecule has 0 spiro atoms. The molecule has 0 aromatic heterocycles. The molecule has 10 heteroatoms. The SMILES string of the molecule is CC/C=C\C/C=C\C/C=C\C/C=C\C/C=C\C/C=C\C/C=C\CCCC(=O)OCC(O)COP(=O)(O)OCCNC(=O)CCCCCCC/C=C\C/C=C\C/C=C\C/C=C\CCCCC. The number of amides is 1. The third kappa shape index (κ3) is 51.0. The summed E-state index contributed by atoms with van der Waals surface area (Å²) in [6.07, 6.45) is 69.6. The van der Waals surface area contributed by atoms with Gasteiger partial charge in [-0.1, -0.05) is 180 Å². The predicted molar refractivity (Wildman–Crippen MR) is 274 cm³/mol. The van der Waals surface area contributed by atoms with Crippen LogP contribution in [-0.4, -0.2) is 54.3 Å². The molecule has 1 amide bonds. The summed E-state index contributed by atoms with van der Waals surface area (Å²) < 4.78 is 26.9. The van der Waals surface area contributed by atoms with Crippen molar-refractivity contribution in [1.82, 2.24) is 5.32 Å². The first-order chi connectivity index (χ1) is 31.8. The zero-order valence-electron chi connectivity index (χ0n) is 40.4. The quantitative estimate of drug-likeness (QED) is 0.0238. The summed E-state index contributed by atoms with van der Waals surface area (Å²) in [5, 5.41) is 12.7. The number of allylic oxidation sites excluding steroid dienone is 22. The van der Waals surface area contributed by atoms with Crippen LogP contribution >= 0.6 is 7.82 Å². The van der Waals surface area contributed by atoms with Gasteiger partial charge in [0.2, 0.25) is 5.91 Å². The van der Waals surface area contributed by atoms with Crippen LogP contribution in [0.3, 0.4) is 0 Å². The van der Waals surface area contributed by atoms with E-state index in [2.05, 4.69) is 147 Å². The second-order valence-corrected chi connectivity index (χ2v) is 17.1. The Labute approximate surface area is 395 Å². The van der Waals surface area contributed by atoms with Crippen molar-refractivity contribution in [2.24, 2.45) is 0 Å². The van der Waals surface area contributed by atoms with Gasteiger partial charge in [0, 0.05) is 19.4 Å². The van der Waals surface area contributed by atoms with Crippen LogP contribution < -0.4 is 5.32 Å². The van der Waals surface area contributed by atoms with Gasteiger partial charge in [0.1, 0.15) is 12.7 Å². The molecule has 3 N–H and O–H groups in total. The van der Waals surface area contributed by atoms with E-state index in [1.807, 2.05) is 6.08 Å². The number of carbonyl (C=O) groups excluding carboxylic acids is 2. The lowest BCUT2D eigenvalue weighted by Crippen LogP contribution is -2.27. The van der Waals surface area contributed by atoms with Gasteiger partial charge in [0.25, 0.3) is 0 Å². The molecule has 0 aliphatic heterocycles. The van der Waals surface area contributed by atoms with E-state index in [-0.39, 0.29) is 32.1 Å². The summed E-state index contributed by atoms with van der Waals surface area (Å²) in [5.41, 5.74) is 0. The number of phosphoric acid groups is 1. The van der Waals surface area contributed by atoms with Gasteiger partial charge in [-0.2, -0.15) is 0 Å². The molecule has 9 nitrogen and oxygen atoms in total. The van der Waals surface area contributed by atoms with Crippen LogP contribution in [0.15, 0.2) is 134 Å². The Hall–Kier alpha value is -3.85. The number of aliphatic hydroxyl groups is 1. The molecule has 0 saturated heterocycles. The minimum Gasteiger partial charge on any atom is -0.463 e. The van der Waals surface area contributed by atoms with E-state index in [4.69, 9.17) is 13.8 Å². The number of hydrogen-bond acceptors (Lipinski definition) is 7. The fourth-order valence-electron chi connectivity index (χ4n) is 5.88. The average molecular weight is 922 g/mol. The van der Waals surface area contributed by atoms with Crippen LogP contribution in [0.1, 0.15) is 168 Å². The Bertz CT molecular complexity index is 1520. The van der Waals surface area contributed by atoms with Gasteiger partial charge >= 0.3 is 13.8 Å². The minimum absolute atomic E-state index is 0.0552. The number of ether oxygens (including phenoxy) is 1. The second kappa shape index (κ2) is 49.6. The highest BCUT2D eigenvalue weighted by atomic mass is 31.2. The Morgan fingerprint density at radius 1 is 0.492 bits per heavy atom. The molecule has 65 heavy (non-hydrogen) atoms. The number of nitrogens with one attached hydrogen (secondary N) is 1. The van der Waals surface area contributed by atoms with E-state index in [1.165, 1.54) is 25.7 Å². The molecule has 0 aromatic rings. The van der Waals surface area contributed by atoms with Gasteiger partial charge in [-0.3, -0.25) is 18.6 Å². The fourth-order valence-corrected chi connectivity index (χ4v) is 6.64. The number of rotatable bonds is 44. The molecule has 0 heterocycles. The molecule has 0 aliphatic rings. The molecule has 0 aliphatic carbocycles. The molecular weight excluding hydrogens is 834 g/mol. The zero-order valence-corrected chi connectivity index (χ0v) is 41.3. The smallest absolute Gasteiger partial charge is 0.463 e. The van der Waals surface area contributed by atoms with E-state index in [0.717, 1.165) is 109 Å². The van der Waals surface area contributed by atoms with Crippen molar-refractivity contribution in [2.45, 2.75) is 174 Å². The normalized spacial score (nSPS) is 14.3. The summed E-state index contributed by atoms with van der Waals surface area (Å²) in [7, 11) is -4.45. The van der Waals surface area contributed by atoms with E-state index in [0.29, 0.717) is 12.8 Å². The highest BCUT2D eigenvalue weighted by Crippen LogP contribution is 2.42. The maximum Gasteiger partial charge on any atom is 0.472 e. The fraction of sp³-hybridized carbons (Fsp3) is 0.564. The number of aliphatic hydroxyl groups excluding tert-OH is 1. The lowest BCUT2D eigenvalue weighted by molar-refractivity contribution is -0.147. The molecule has 0 aromatic carbocycles. The number of phosphoric ester groups is 1. The molecule has 0 radical (unpaired) electrons. The van der Waals surface area contributed by atoms with Crippen LogP contribution in [-0.2, 0) is 27.9 Å². The molecule has 2 atom stereocenters. The van der Waals surface area contributed by atoms with E-state index in [1.54, 1.807) is 0 Å². The molecular formula is C55H88NO8P. The summed E-state index contributed by atoms with van der Waals surface area (Å²) in [4.78, 5) is 34.0. The maximum absolute atomic E-state index is 12.1. The monoisotopic (exact) mass is 922 g/mol. The summed E-state index contributed by atoms with van der Waals surface area (Å²) in [6, 6.07) is 0. The highest BCUT2D eigenvalue weighted by Gasteiger charge is 2.23. The lowest BCUT2D eigenvalue weighted by atomic mass is 10.1. The molecule has 0 rings (SSSR count). The van der Waals surface area contributed by atoms with Crippen LogP contribution in [0.5, 0.6) is 0 Å². The number of hydrogen-bond donors (Lipinski definition) is 3. The van der Waals surface area contributed by atoms with Crippen molar-refractivity contribution in [3.63, 3.8) is 0 Å². The third-order valence-corrected chi connectivity index (χ3v) is 10.5. The van der Waals surface area contributed by atoms with Crippen LogP contribution in [0.25, 0.3) is 0 Å². The molecule has 0 bridgehead atoms. The van der Waals surface area contributed by atoms with E-state index in [9.17, 15) is 24.2 Å². The Kier molecular flexibility index (Phi) is 46.6. The lowest BCUT2D eigenvalue weighted by Gasteiger charge is -2.15. The van der Waals surface area contributed by atoms with Gasteiger partial charge in [-0.15, -0.1) is 0 Å². The van der Waals surface area contributed by atoms with E-state index >= 15 is 0 Å². The van der Waals surface area contributed by atoms with Crippen LogP contribution in [0.4, 0.5) is 0 Å². The summed E-state index contributed by atoms with van der Waals surface area (Å²) in [5.74, 6) is -0.607. The highest BCUT2D eigenvalue weighted by molar-refractivity contribution is 7.47. The zero-order chi connectivity index (χ0) is 47.4. The first-order valence-electron chi connectivity index (χ1n) is 24.7. The summed E-state index contributed by atoms with van der Waals surface area (Å²) >= 11 is 0. The molecule has 366 valence electrons. The summed E-state index contributed by atoms with van der Waals surface area (Å²) in [6.45, 7) is 3.30. The number of esters is 1. The van der Waals surface area contributed by atoms with Gasteiger partial charge in [0.15, 0.2) is 0 Å². The van der Waals surface area contributed by atoms with Crippen molar-refractivity contribution >= 4 is 19.7 Å². The average Bonchev–Trinajstić information content (AvgIpc) is 3.29. The molecule has 0 saturated carbocycles. The molecule has 2 unspecified atom stereocenters. The van der Waals surface area contributed by atoms with E-state index < -0.39 is 26.5 Å². The Morgan fingerprint density at radius 3 is 1.35 bits per heavy atom. The number of unbranched alkanes of at least 4 members (excludes halogenated alkanes) is 9. The minimum atomic E-state index is -4.45. The topological polar surface area (TPSA) is 131 Å². The van der Waals surface area contributed by atoms with Gasteiger partial charge in [-0.05, 0) is 109 Å². The number of carbonyl (C=O) groups is 2. The third-order valence-electron chi connectivity index (χ3n) is 9.56. The Morgan fingerprint density at radius 2 is 0.892 bits per heavy atom. The molecule has 0 fully saturated rings. The van der Waals surface area contributed by atoms with Crippen molar-refractivity contribution in [3.8, 4) is 0 Å². The van der Waals surface area contributed by atoms with Crippen molar-refractivity contribution in [1.29, 1.82) is 0 Å². The first kappa shape index (κ1) is 61.1. The van der Waals surface area contributed by atoms with Crippen LogP contribution in [0.2, 0.25) is 0 Å². The largest absolute Gasteiger partial charge is 0.472 e. The predicted octanol–water partition coefficient (Wildman–Crippen LogP) is 14.7. The van der Waals surface area contributed by atoms with Crippen molar-refractivity contribution < 1.29 is 37.9 Å². The van der Waals surface area contributed by atoms with Gasteiger partial charge in [-0.25, -0.2) is 4.57 Å². The first-order valence-corrected chi connectivity index (χ1v) is 26.2. The van der Waals surface area contributed by atoms with Gasteiger partial charge in [0.05, 0.1) is 13.2 Å². The van der Waals surface area contributed by atoms with Gasteiger partial charge < -0.3 is 20.1 Å². The Balaban J connectivity index is 3.75. The van der Waals surface area contributed by atoms with Crippen molar-refractivity contribution in [2.75, 3.05) is 26.4 Å². The standard InChI is InChI=1S/C55H88NO8P/c1-3-5-7-9-11-13-15-17-19-21-23-25-26-28-30-32-34-36-38-40-42-44-46-48-55(59)62-51-53(57)52-64-65(60,61)63-50-49-56-54(58)47-45-43-41-39-37-35-33-31-29-27-24-22-20-18-16-14-12-10-8-6-4-2/h5,7,11-14,17-20,23-25,27-28,30-31,33-34,36,40,42,53,57H,3-4,6,8-10,15-16,21-22,26,29,32,35,37-39,41,43-52H2,1-2H3,(H,56,58)(H,60,61)/b7-5-,13-11-,14-12-,19-17-,20-18-,25-23-,27-24-,30-28-,33-31-,36-34-,42-40-.